The lowest BCUT2D eigenvalue weighted by molar-refractivity contribution is 0.0572. The van der Waals surface area contributed by atoms with E-state index in [2.05, 4.69) is 0 Å². The van der Waals surface area contributed by atoms with Crippen molar-refractivity contribution in [2.45, 2.75) is 12.2 Å². The van der Waals surface area contributed by atoms with Crippen LogP contribution in [-0.2, 0) is 0 Å². The maximum atomic E-state index is 11.3. The van der Waals surface area contributed by atoms with Crippen molar-refractivity contribution in [1.29, 1.82) is 0 Å². The van der Waals surface area contributed by atoms with Gasteiger partial charge in [0, 0.05) is 13.1 Å². The second kappa shape index (κ2) is 4.23. The third-order valence-corrected chi connectivity index (χ3v) is 2.91. The van der Waals surface area contributed by atoms with Gasteiger partial charge in [0.25, 0.3) is 5.91 Å². The van der Waals surface area contributed by atoms with Crippen molar-refractivity contribution >= 4 is 17.3 Å². The van der Waals surface area contributed by atoms with E-state index >= 15 is 0 Å². The molecule has 1 aliphatic rings. The van der Waals surface area contributed by atoms with Crippen LogP contribution >= 0.6 is 0 Å². The Morgan fingerprint density at radius 3 is 2.41 bits per heavy atom. The van der Waals surface area contributed by atoms with Crippen LogP contribution in [0.5, 0.6) is 0 Å². The van der Waals surface area contributed by atoms with Crippen molar-refractivity contribution < 1.29 is 15.0 Å². The van der Waals surface area contributed by atoms with Crippen LogP contribution in [0.25, 0.3) is 0 Å². The molecule has 2 atom stereocenters. The van der Waals surface area contributed by atoms with Crippen molar-refractivity contribution in [3.63, 3.8) is 0 Å². The molecule has 6 nitrogen and oxygen atoms in total. The number of β-amino-alcohol motifs (C(OH)–C–C–N with tert-alkyl or cyclic N) is 2. The SMILES string of the molecule is NC(=O)c1cccc(N)c1N1CC(O)C(O)C1. The van der Waals surface area contributed by atoms with Crippen LogP contribution in [-0.4, -0.2) is 41.4 Å². The summed E-state index contributed by atoms with van der Waals surface area (Å²) in [7, 11) is 0. The zero-order chi connectivity index (χ0) is 12.6. The summed E-state index contributed by atoms with van der Waals surface area (Å²) in [5.74, 6) is -0.580. The number of nitrogens with two attached hydrogens (primary N) is 2. The molecule has 0 aliphatic carbocycles. The topological polar surface area (TPSA) is 113 Å². The van der Waals surface area contributed by atoms with Gasteiger partial charge >= 0.3 is 0 Å². The lowest BCUT2D eigenvalue weighted by Crippen LogP contribution is -2.26. The van der Waals surface area contributed by atoms with Crippen LogP contribution < -0.4 is 16.4 Å². The van der Waals surface area contributed by atoms with E-state index < -0.39 is 18.1 Å². The number of nitrogen functional groups attached to an aromatic ring is 1. The van der Waals surface area contributed by atoms with E-state index in [4.69, 9.17) is 11.5 Å². The predicted molar refractivity (Wildman–Crippen MR) is 63.6 cm³/mol. The Labute approximate surface area is 98.4 Å². The number of amides is 1. The summed E-state index contributed by atoms with van der Waals surface area (Å²) in [5.41, 5.74) is 12.3. The largest absolute Gasteiger partial charge is 0.397 e. The van der Waals surface area contributed by atoms with Gasteiger partial charge in [0.15, 0.2) is 0 Å². The molecule has 6 heteroatoms. The minimum absolute atomic E-state index is 0.232. The summed E-state index contributed by atoms with van der Waals surface area (Å²) in [6, 6.07) is 4.87. The van der Waals surface area contributed by atoms with Gasteiger partial charge < -0.3 is 26.6 Å². The molecule has 0 saturated carbocycles. The molecule has 17 heavy (non-hydrogen) atoms. The molecule has 1 aromatic carbocycles. The Bertz CT molecular complexity index is 440. The minimum Gasteiger partial charge on any atom is -0.397 e. The first-order valence-electron chi connectivity index (χ1n) is 5.30. The number of carbonyl (C=O) groups excluding carboxylic acids is 1. The molecule has 1 aromatic rings. The van der Waals surface area contributed by atoms with Gasteiger partial charge in [0.05, 0.1) is 29.1 Å². The van der Waals surface area contributed by atoms with Crippen LogP contribution in [0.1, 0.15) is 10.4 Å². The molecule has 1 saturated heterocycles. The minimum atomic E-state index is -0.838. The van der Waals surface area contributed by atoms with Gasteiger partial charge in [-0.15, -0.1) is 0 Å². The fourth-order valence-electron chi connectivity index (χ4n) is 2.07. The van der Waals surface area contributed by atoms with E-state index in [1.807, 2.05) is 0 Å². The number of anilines is 2. The normalized spacial score (nSPS) is 24.0. The average Bonchev–Trinajstić information content (AvgIpc) is 2.58. The molecular weight excluding hydrogens is 222 g/mol. The van der Waals surface area contributed by atoms with Crippen LogP contribution in [0.3, 0.4) is 0 Å². The molecule has 1 amide bonds. The summed E-state index contributed by atoms with van der Waals surface area (Å²) in [5, 5.41) is 19.0. The summed E-state index contributed by atoms with van der Waals surface area (Å²) in [4.78, 5) is 13.0. The van der Waals surface area contributed by atoms with Crippen LogP contribution in [0.15, 0.2) is 18.2 Å². The quantitative estimate of drug-likeness (QED) is 0.488. The van der Waals surface area contributed by atoms with Gasteiger partial charge in [-0.3, -0.25) is 4.79 Å². The lowest BCUT2D eigenvalue weighted by atomic mass is 10.1. The van der Waals surface area contributed by atoms with E-state index in [9.17, 15) is 15.0 Å². The number of nitrogens with zero attached hydrogens (tertiary/aromatic N) is 1. The molecule has 1 aliphatic heterocycles. The first-order valence-corrected chi connectivity index (χ1v) is 5.30. The van der Waals surface area contributed by atoms with Crippen LogP contribution in [0.4, 0.5) is 11.4 Å². The highest BCUT2D eigenvalue weighted by Gasteiger charge is 2.32. The van der Waals surface area contributed by atoms with Crippen molar-refractivity contribution in [2.75, 3.05) is 23.7 Å². The molecule has 6 N–H and O–H groups in total. The molecule has 0 radical (unpaired) electrons. The number of aliphatic hydroxyl groups excluding tert-OH is 2. The number of primary amides is 1. The molecule has 2 rings (SSSR count). The van der Waals surface area contributed by atoms with Gasteiger partial charge in [0.2, 0.25) is 0 Å². The monoisotopic (exact) mass is 237 g/mol. The zero-order valence-electron chi connectivity index (χ0n) is 9.21. The van der Waals surface area contributed by atoms with Crippen LogP contribution in [0, 0.1) is 0 Å². The highest BCUT2D eigenvalue weighted by Crippen LogP contribution is 2.30. The zero-order valence-corrected chi connectivity index (χ0v) is 9.21. The summed E-state index contributed by atoms with van der Waals surface area (Å²) < 4.78 is 0. The number of carbonyl (C=O) groups is 1. The lowest BCUT2D eigenvalue weighted by Gasteiger charge is -2.22. The number of hydrogen-bond acceptors (Lipinski definition) is 5. The van der Waals surface area contributed by atoms with Crippen molar-refractivity contribution in [1.82, 2.24) is 0 Å². The fraction of sp³-hybridized carbons (Fsp3) is 0.364. The van der Waals surface area contributed by atoms with Crippen LogP contribution in [0.2, 0.25) is 0 Å². The first-order chi connectivity index (χ1) is 8.00. The highest BCUT2D eigenvalue weighted by molar-refractivity contribution is 6.01. The third kappa shape index (κ3) is 2.04. The standard InChI is InChI=1S/C11H15N3O3/c12-7-3-1-2-6(11(13)17)10(7)14-4-8(15)9(16)5-14/h1-3,8-9,15-16H,4-5,12H2,(H2,13,17). The Morgan fingerprint density at radius 1 is 1.29 bits per heavy atom. The third-order valence-electron chi connectivity index (χ3n) is 2.91. The highest BCUT2D eigenvalue weighted by atomic mass is 16.3. The number of rotatable bonds is 2. The second-order valence-electron chi connectivity index (χ2n) is 4.15. The van der Waals surface area contributed by atoms with Crippen molar-refractivity contribution in [3.05, 3.63) is 23.8 Å². The maximum absolute atomic E-state index is 11.3. The maximum Gasteiger partial charge on any atom is 0.250 e. The smallest absolute Gasteiger partial charge is 0.250 e. The molecule has 0 bridgehead atoms. The molecule has 2 unspecified atom stereocenters. The van der Waals surface area contributed by atoms with E-state index in [1.165, 1.54) is 0 Å². The molecule has 0 spiro atoms. The van der Waals surface area contributed by atoms with E-state index in [1.54, 1.807) is 23.1 Å². The fourth-order valence-corrected chi connectivity index (χ4v) is 2.07. The van der Waals surface area contributed by atoms with Gasteiger partial charge in [-0.25, -0.2) is 0 Å². The van der Waals surface area contributed by atoms with E-state index in [-0.39, 0.29) is 13.1 Å². The molecule has 1 fully saturated rings. The number of benzene rings is 1. The Morgan fingerprint density at radius 2 is 1.88 bits per heavy atom. The number of hydrogen-bond donors (Lipinski definition) is 4. The Kier molecular flexibility index (Phi) is 2.91. The summed E-state index contributed by atoms with van der Waals surface area (Å²) in [6.45, 7) is 0.464. The summed E-state index contributed by atoms with van der Waals surface area (Å²) >= 11 is 0. The molecule has 1 heterocycles. The van der Waals surface area contributed by atoms with Gasteiger partial charge in [-0.2, -0.15) is 0 Å². The molecular formula is C11H15N3O3. The number of aliphatic hydroxyl groups is 2. The second-order valence-corrected chi connectivity index (χ2v) is 4.15. The van der Waals surface area contributed by atoms with Crippen molar-refractivity contribution in [2.24, 2.45) is 5.73 Å². The van der Waals surface area contributed by atoms with Gasteiger partial charge in [0.1, 0.15) is 0 Å². The molecule has 0 aromatic heterocycles. The van der Waals surface area contributed by atoms with Crippen molar-refractivity contribution in [3.8, 4) is 0 Å². The number of para-hydroxylation sites is 1. The Balaban J connectivity index is 2.41. The Hall–Kier alpha value is -1.79. The van der Waals surface area contributed by atoms with Gasteiger partial charge in [-0.1, -0.05) is 6.07 Å². The predicted octanol–water partition coefficient (Wildman–Crippen LogP) is -1.09. The van der Waals surface area contributed by atoms with E-state index in [0.717, 1.165) is 0 Å². The van der Waals surface area contributed by atoms with Gasteiger partial charge in [-0.05, 0) is 12.1 Å². The first kappa shape index (κ1) is 11.7. The summed E-state index contributed by atoms with van der Waals surface area (Å²) in [6.07, 6.45) is -1.68. The molecule has 92 valence electrons. The average molecular weight is 237 g/mol. The van der Waals surface area contributed by atoms with E-state index in [0.29, 0.717) is 16.9 Å².